The lowest BCUT2D eigenvalue weighted by atomic mass is 10.2. The summed E-state index contributed by atoms with van der Waals surface area (Å²) in [4.78, 5) is 6.13. The van der Waals surface area contributed by atoms with Gasteiger partial charge in [-0.15, -0.1) is 11.3 Å². The van der Waals surface area contributed by atoms with Gasteiger partial charge in [0.1, 0.15) is 10.8 Å². The van der Waals surface area contributed by atoms with Crippen LogP contribution in [0.25, 0.3) is 10.6 Å². The molecule has 0 aliphatic heterocycles. The average molecular weight is 355 g/mol. The number of nitrogens with zero attached hydrogens (tertiary/aromatic N) is 1. The Kier molecular flexibility index (Phi) is 4.19. The number of rotatable bonds is 5. The number of benzene rings is 1. The molecule has 1 saturated carbocycles. The predicted molar refractivity (Wildman–Crippen MR) is 84.6 cm³/mol. The van der Waals surface area contributed by atoms with E-state index < -0.39 is 0 Å². The highest BCUT2D eigenvalue weighted by Gasteiger charge is 2.29. The molecule has 0 saturated heterocycles. The summed E-state index contributed by atoms with van der Waals surface area (Å²) in [7, 11) is 0. The van der Waals surface area contributed by atoms with Crippen molar-refractivity contribution >= 4 is 27.3 Å². The van der Waals surface area contributed by atoms with Crippen molar-refractivity contribution in [3.63, 3.8) is 0 Å². The largest absolute Gasteiger partial charge is 0.312 e. The van der Waals surface area contributed by atoms with Crippen LogP contribution >= 0.6 is 27.3 Å². The Morgan fingerprint density at radius 2 is 2.25 bits per heavy atom. The molecule has 106 valence electrons. The first-order valence-electron chi connectivity index (χ1n) is 6.84. The molecule has 1 heterocycles. The second-order valence-electron chi connectivity index (χ2n) is 5.01. The summed E-state index contributed by atoms with van der Waals surface area (Å²) >= 11 is 5.15. The van der Waals surface area contributed by atoms with E-state index in [1.165, 1.54) is 35.5 Å². The van der Waals surface area contributed by atoms with Crippen LogP contribution in [0.5, 0.6) is 0 Å². The Balaban J connectivity index is 1.96. The number of hydrogen-bond acceptors (Lipinski definition) is 3. The first-order valence-corrected chi connectivity index (χ1v) is 8.45. The molecular weight excluding hydrogens is 339 g/mol. The minimum atomic E-state index is -0.229. The van der Waals surface area contributed by atoms with Crippen LogP contribution in [0.3, 0.4) is 0 Å². The van der Waals surface area contributed by atoms with E-state index in [2.05, 4.69) is 28.2 Å². The van der Waals surface area contributed by atoms with Gasteiger partial charge in [0, 0.05) is 27.4 Å². The van der Waals surface area contributed by atoms with Crippen molar-refractivity contribution in [2.24, 2.45) is 0 Å². The summed E-state index contributed by atoms with van der Waals surface area (Å²) in [5.74, 6) is 0.403. The molecule has 1 aliphatic rings. The summed E-state index contributed by atoms with van der Waals surface area (Å²) in [6.45, 7) is 3.94. The van der Waals surface area contributed by atoms with Gasteiger partial charge in [-0.3, -0.25) is 0 Å². The van der Waals surface area contributed by atoms with Crippen LogP contribution in [0, 0.1) is 5.82 Å². The van der Waals surface area contributed by atoms with E-state index in [1.807, 2.05) is 0 Å². The molecule has 1 aromatic carbocycles. The molecule has 1 fully saturated rings. The normalized spacial score (nSPS) is 14.8. The number of nitrogens with one attached hydrogen (secondary N) is 1. The average Bonchev–Trinajstić information content (AvgIpc) is 3.18. The van der Waals surface area contributed by atoms with Crippen molar-refractivity contribution in [1.29, 1.82) is 0 Å². The minimum Gasteiger partial charge on any atom is -0.312 e. The Labute approximate surface area is 130 Å². The lowest BCUT2D eigenvalue weighted by molar-refractivity contribution is 0.627. The summed E-state index contributed by atoms with van der Waals surface area (Å²) in [6.07, 6.45) is 2.49. The monoisotopic (exact) mass is 354 g/mol. The highest BCUT2D eigenvalue weighted by atomic mass is 79.9. The lowest BCUT2D eigenvalue weighted by Gasteiger charge is -2.00. The molecule has 1 aromatic heterocycles. The Morgan fingerprint density at radius 1 is 1.45 bits per heavy atom. The second kappa shape index (κ2) is 5.92. The summed E-state index contributed by atoms with van der Waals surface area (Å²) in [5.41, 5.74) is 2.21. The zero-order valence-corrected chi connectivity index (χ0v) is 13.7. The number of aromatic nitrogens is 1. The summed E-state index contributed by atoms with van der Waals surface area (Å²) in [6, 6.07) is 4.78. The zero-order valence-electron chi connectivity index (χ0n) is 11.2. The molecule has 3 rings (SSSR count). The summed E-state index contributed by atoms with van der Waals surface area (Å²) in [5, 5.41) is 4.35. The Hall–Kier alpha value is -0.780. The maximum atomic E-state index is 13.2. The molecule has 1 N–H and O–H groups in total. The molecule has 2 nitrogen and oxygen atoms in total. The minimum absolute atomic E-state index is 0.229. The van der Waals surface area contributed by atoms with Gasteiger partial charge in [-0.1, -0.05) is 6.92 Å². The van der Waals surface area contributed by atoms with E-state index >= 15 is 0 Å². The van der Waals surface area contributed by atoms with Crippen LogP contribution in [0.2, 0.25) is 0 Å². The highest BCUT2D eigenvalue weighted by Crippen LogP contribution is 2.45. The van der Waals surface area contributed by atoms with Crippen LogP contribution in [0.15, 0.2) is 22.7 Å². The molecule has 20 heavy (non-hydrogen) atoms. The number of thiazole rings is 1. The van der Waals surface area contributed by atoms with Crippen molar-refractivity contribution in [1.82, 2.24) is 10.3 Å². The molecule has 5 heteroatoms. The van der Waals surface area contributed by atoms with Gasteiger partial charge >= 0.3 is 0 Å². The van der Waals surface area contributed by atoms with Crippen molar-refractivity contribution in [2.45, 2.75) is 32.2 Å². The highest BCUT2D eigenvalue weighted by molar-refractivity contribution is 9.10. The van der Waals surface area contributed by atoms with Crippen LogP contribution in [-0.2, 0) is 6.54 Å². The van der Waals surface area contributed by atoms with E-state index in [0.29, 0.717) is 5.92 Å². The van der Waals surface area contributed by atoms with Crippen molar-refractivity contribution in [2.75, 3.05) is 6.54 Å². The standard InChI is InChI=1S/C15H16BrFN2S/c1-2-18-8-13-14(9-3-4-9)19-15(20-13)11-6-5-10(17)7-12(11)16/h5-7,9,18H,2-4,8H2,1H3. The van der Waals surface area contributed by atoms with Gasteiger partial charge in [-0.05, 0) is 53.5 Å². The van der Waals surface area contributed by atoms with Crippen LogP contribution < -0.4 is 5.32 Å². The van der Waals surface area contributed by atoms with Gasteiger partial charge < -0.3 is 5.32 Å². The third-order valence-electron chi connectivity index (χ3n) is 3.39. The van der Waals surface area contributed by atoms with Crippen molar-refractivity contribution in [3.05, 3.63) is 39.1 Å². The second-order valence-corrected chi connectivity index (χ2v) is 6.94. The van der Waals surface area contributed by atoms with E-state index in [4.69, 9.17) is 4.98 Å². The van der Waals surface area contributed by atoms with Crippen LogP contribution in [0.4, 0.5) is 4.39 Å². The van der Waals surface area contributed by atoms with Gasteiger partial charge in [-0.25, -0.2) is 9.37 Å². The first kappa shape index (κ1) is 14.2. The zero-order chi connectivity index (χ0) is 14.1. The van der Waals surface area contributed by atoms with Crippen LogP contribution in [0.1, 0.15) is 36.3 Å². The summed E-state index contributed by atoms with van der Waals surface area (Å²) < 4.78 is 14.0. The SMILES string of the molecule is CCNCc1sc(-c2ccc(F)cc2Br)nc1C1CC1. The molecule has 0 atom stereocenters. The van der Waals surface area contributed by atoms with E-state index in [0.717, 1.165) is 28.1 Å². The van der Waals surface area contributed by atoms with E-state index in [1.54, 1.807) is 17.4 Å². The van der Waals surface area contributed by atoms with Crippen molar-refractivity contribution in [3.8, 4) is 10.6 Å². The van der Waals surface area contributed by atoms with Gasteiger partial charge in [0.05, 0.1) is 5.69 Å². The molecule has 1 aliphatic carbocycles. The quantitative estimate of drug-likeness (QED) is 0.841. The number of hydrogen-bond donors (Lipinski definition) is 1. The molecule has 0 spiro atoms. The molecule has 0 bridgehead atoms. The van der Waals surface area contributed by atoms with Gasteiger partial charge in [-0.2, -0.15) is 0 Å². The maximum Gasteiger partial charge on any atom is 0.125 e. The molecule has 0 unspecified atom stereocenters. The smallest absolute Gasteiger partial charge is 0.125 e. The van der Waals surface area contributed by atoms with Gasteiger partial charge in [0.2, 0.25) is 0 Å². The maximum absolute atomic E-state index is 13.2. The Bertz CT molecular complexity index is 622. The fourth-order valence-corrected chi connectivity index (χ4v) is 4.01. The van der Waals surface area contributed by atoms with Gasteiger partial charge in [0.25, 0.3) is 0 Å². The Morgan fingerprint density at radius 3 is 2.90 bits per heavy atom. The third-order valence-corrected chi connectivity index (χ3v) is 5.15. The fraction of sp³-hybridized carbons (Fsp3) is 0.400. The topological polar surface area (TPSA) is 24.9 Å². The van der Waals surface area contributed by atoms with Crippen molar-refractivity contribution < 1.29 is 4.39 Å². The fourth-order valence-electron chi connectivity index (χ4n) is 2.18. The van der Waals surface area contributed by atoms with E-state index in [9.17, 15) is 4.39 Å². The molecule has 2 aromatic rings. The molecule has 0 amide bonds. The van der Waals surface area contributed by atoms with Crippen LogP contribution in [-0.4, -0.2) is 11.5 Å². The lowest BCUT2D eigenvalue weighted by Crippen LogP contribution is -2.11. The number of halogens is 2. The van der Waals surface area contributed by atoms with E-state index in [-0.39, 0.29) is 5.82 Å². The van der Waals surface area contributed by atoms with Gasteiger partial charge in [0.15, 0.2) is 0 Å². The predicted octanol–water partition coefficient (Wildman–Crippen LogP) is 4.70. The molecule has 0 radical (unpaired) electrons. The first-order chi connectivity index (χ1) is 9.69. The molecular formula is C15H16BrFN2S. The third kappa shape index (κ3) is 2.95.